The molecule has 0 radical (unpaired) electrons. The van der Waals surface area contributed by atoms with E-state index in [2.05, 4.69) is 22.8 Å². The van der Waals surface area contributed by atoms with Gasteiger partial charge in [-0.15, -0.1) is 0 Å². The van der Waals surface area contributed by atoms with Gasteiger partial charge >= 0.3 is 5.97 Å². The molecule has 4 N–H and O–H groups in total. The van der Waals surface area contributed by atoms with E-state index < -0.39 is 17.9 Å². The standard InChI is InChI=1S/C28H41N3O5/c1-5-35-24-16-23(17-25(20(24)3)36-6-2)21(4)31(15-11-10-14-22-12-8-7-9-13-22)27(34)30-28(26(32)33)18-29-19-28/h7-9,12-13,16-17,21,27,29-30,34H,5-6,10-11,14-15,18-19H2,1-4H3,(H,32,33)/t21-,27?/m1/s1. The van der Waals surface area contributed by atoms with E-state index in [-0.39, 0.29) is 19.1 Å². The summed E-state index contributed by atoms with van der Waals surface area (Å²) in [5.74, 6) is 0.536. The summed E-state index contributed by atoms with van der Waals surface area (Å²) < 4.78 is 11.8. The van der Waals surface area contributed by atoms with Crippen molar-refractivity contribution in [3.05, 3.63) is 59.2 Å². The van der Waals surface area contributed by atoms with Crippen LogP contribution in [0.4, 0.5) is 0 Å². The van der Waals surface area contributed by atoms with E-state index in [1.165, 1.54) is 5.56 Å². The minimum absolute atomic E-state index is 0.220. The Morgan fingerprint density at radius 2 is 1.72 bits per heavy atom. The van der Waals surface area contributed by atoms with Crippen LogP contribution in [0.1, 0.15) is 56.3 Å². The van der Waals surface area contributed by atoms with Gasteiger partial charge in [-0.3, -0.25) is 15.0 Å². The molecule has 3 rings (SSSR count). The minimum Gasteiger partial charge on any atom is -0.493 e. The largest absolute Gasteiger partial charge is 0.493 e. The molecule has 2 aromatic rings. The highest BCUT2D eigenvalue weighted by Gasteiger charge is 2.46. The normalized spacial score (nSPS) is 16.3. The number of benzene rings is 2. The van der Waals surface area contributed by atoms with Crippen LogP contribution >= 0.6 is 0 Å². The first-order valence-electron chi connectivity index (χ1n) is 12.9. The molecule has 8 heteroatoms. The van der Waals surface area contributed by atoms with Crippen molar-refractivity contribution < 1.29 is 24.5 Å². The second kappa shape index (κ2) is 13.1. The highest BCUT2D eigenvalue weighted by molar-refractivity contribution is 5.81. The van der Waals surface area contributed by atoms with E-state index in [0.717, 1.165) is 41.9 Å². The number of carboxylic acids is 1. The van der Waals surface area contributed by atoms with Gasteiger partial charge in [-0.1, -0.05) is 30.3 Å². The fourth-order valence-corrected chi connectivity index (χ4v) is 4.54. The number of unbranched alkanes of at least 4 members (excludes halogenated alkanes) is 1. The van der Waals surface area contributed by atoms with Crippen LogP contribution in [0, 0.1) is 6.92 Å². The smallest absolute Gasteiger partial charge is 0.326 e. The van der Waals surface area contributed by atoms with Crippen molar-refractivity contribution in [2.24, 2.45) is 0 Å². The Morgan fingerprint density at radius 3 is 2.22 bits per heavy atom. The van der Waals surface area contributed by atoms with Crippen molar-refractivity contribution in [2.45, 2.75) is 64.9 Å². The van der Waals surface area contributed by atoms with Crippen LogP contribution in [0.15, 0.2) is 42.5 Å². The molecule has 0 aliphatic carbocycles. The Hall–Kier alpha value is -2.65. The number of ether oxygens (including phenoxy) is 2. The minimum atomic E-state index is -1.18. The first kappa shape index (κ1) is 27.9. The highest BCUT2D eigenvalue weighted by atomic mass is 16.5. The van der Waals surface area contributed by atoms with E-state index in [9.17, 15) is 15.0 Å². The number of aliphatic hydroxyl groups is 1. The van der Waals surface area contributed by atoms with Crippen molar-refractivity contribution in [1.82, 2.24) is 15.5 Å². The lowest BCUT2D eigenvalue weighted by molar-refractivity contribution is -0.154. The molecule has 0 saturated carbocycles. The van der Waals surface area contributed by atoms with E-state index in [4.69, 9.17) is 9.47 Å². The van der Waals surface area contributed by atoms with E-state index >= 15 is 0 Å². The molecule has 2 atom stereocenters. The molecule has 2 aromatic carbocycles. The lowest BCUT2D eigenvalue weighted by atomic mass is 9.92. The first-order chi connectivity index (χ1) is 17.3. The topological polar surface area (TPSA) is 103 Å². The number of nitrogens with zero attached hydrogens (tertiary/aromatic N) is 1. The molecule has 1 aliphatic rings. The van der Waals surface area contributed by atoms with Crippen molar-refractivity contribution in [3.63, 3.8) is 0 Å². The third-order valence-electron chi connectivity index (χ3n) is 6.87. The SMILES string of the molecule is CCOc1cc([C@@H](C)N(CCCCc2ccccc2)C(O)NC2(C(=O)O)CNC2)cc(OCC)c1C. The number of carboxylic acid groups (broad SMARTS) is 1. The van der Waals surface area contributed by atoms with Crippen LogP contribution < -0.4 is 20.1 Å². The van der Waals surface area contributed by atoms with Crippen LogP contribution in [0.25, 0.3) is 0 Å². The summed E-state index contributed by atoms with van der Waals surface area (Å²) in [7, 11) is 0. The van der Waals surface area contributed by atoms with Gasteiger partial charge in [-0.05, 0) is 70.2 Å². The molecule has 0 bridgehead atoms. The Kier molecular flexibility index (Phi) is 10.1. The molecular weight excluding hydrogens is 458 g/mol. The zero-order valence-electron chi connectivity index (χ0n) is 21.9. The van der Waals surface area contributed by atoms with Crippen molar-refractivity contribution in [3.8, 4) is 11.5 Å². The van der Waals surface area contributed by atoms with E-state index in [1.807, 2.05) is 62.9 Å². The summed E-state index contributed by atoms with van der Waals surface area (Å²) in [6.45, 7) is 10.1. The van der Waals surface area contributed by atoms with Gasteiger partial charge in [0.2, 0.25) is 0 Å². The molecule has 1 heterocycles. The van der Waals surface area contributed by atoms with Gasteiger partial charge in [0.1, 0.15) is 17.0 Å². The maximum atomic E-state index is 11.9. The van der Waals surface area contributed by atoms with Crippen LogP contribution in [-0.4, -0.2) is 65.8 Å². The van der Waals surface area contributed by atoms with E-state index in [0.29, 0.717) is 19.8 Å². The lowest BCUT2D eigenvalue weighted by Gasteiger charge is -2.44. The number of hydrogen-bond donors (Lipinski definition) is 4. The van der Waals surface area contributed by atoms with Crippen molar-refractivity contribution in [2.75, 3.05) is 32.8 Å². The Morgan fingerprint density at radius 1 is 1.11 bits per heavy atom. The van der Waals surface area contributed by atoms with Gasteiger partial charge < -0.3 is 25.0 Å². The number of carbonyl (C=O) groups is 1. The zero-order valence-corrected chi connectivity index (χ0v) is 21.9. The Balaban J connectivity index is 1.82. The molecule has 1 saturated heterocycles. The number of rotatable bonds is 15. The summed E-state index contributed by atoms with van der Waals surface area (Å²) in [6, 6.07) is 14.1. The number of aryl methyl sites for hydroxylation is 1. The van der Waals surface area contributed by atoms with E-state index in [1.54, 1.807) is 0 Å². The lowest BCUT2D eigenvalue weighted by Crippen LogP contribution is -2.75. The van der Waals surface area contributed by atoms with Crippen LogP contribution in [0.5, 0.6) is 11.5 Å². The van der Waals surface area contributed by atoms with Crippen LogP contribution in [0.2, 0.25) is 0 Å². The Bertz CT molecular complexity index is 953. The summed E-state index contributed by atoms with van der Waals surface area (Å²) in [5, 5.41) is 27.0. The summed E-state index contributed by atoms with van der Waals surface area (Å²) in [4.78, 5) is 13.8. The fourth-order valence-electron chi connectivity index (χ4n) is 4.54. The number of aliphatic hydroxyl groups excluding tert-OH is 1. The number of aliphatic carboxylic acids is 1. The second-order valence-electron chi connectivity index (χ2n) is 9.37. The average Bonchev–Trinajstić information content (AvgIpc) is 2.84. The van der Waals surface area contributed by atoms with Gasteiger partial charge in [0.15, 0.2) is 6.35 Å². The molecule has 1 fully saturated rings. The molecular formula is C28H41N3O5. The maximum absolute atomic E-state index is 11.9. The first-order valence-corrected chi connectivity index (χ1v) is 12.9. The molecule has 1 unspecified atom stereocenters. The highest BCUT2D eigenvalue weighted by Crippen LogP contribution is 2.35. The monoisotopic (exact) mass is 499 g/mol. The molecule has 1 aliphatic heterocycles. The second-order valence-corrected chi connectivity index (χ2v) is 9.37. The summed E-state index contributed by atoms with van der Waals surface area (Å²) in [5.41, 5.74) is 1.98. The molecule has 0 spiro atoms. The van der Waals surface area contributed by atoms with Gasteiger partial charge in [0.25, 0.3) is 0 Å². The van der Waals surface area contributed by atoms with Crippen LogP contribution in [0.3, 0.4) is 0 Å². The van der Waals surface area contributed by atoms with Crippen molar-refractivity contribution >= 4 is 5.97 Å². The number of hydrogen-bond acceptors (Lipinski definition) is 7. The molecule has 0 aromatic heterocycles. The Labute approximate surface area is 214 Å². The molecule has 8 nitrogen and oxygen atoms in total. The van der Waals surface area contributed by atoms with Crippen LogP contribution in [-0.2, 0) is 11.2 Å². The maximum Gasteiger partial charge on any atom is 0.326 e. The molecule has 0 amide bonds. The van der Waals surface area contributed by atoms with Gasteiger partial charge in [-0.25, -0.2) is 0 Å². The third-order valence-corrected chi connectivity index (χ3v) is 6.87. The molecule has 198 valence electrons. The molecule has 36 heavy (non-hydrogen) atoms. The third kappa shape index (κ3) is 6.76. The predicted molar refractivity (Wildman–Crippen MR) is 140 cm³/mol. The van der Waals surface area contributed by atoms with Gasteiger partial charge in [0.05, 0.1) is 13.2 Å². The zero-order chi connectivity index (χ0) is 26.1. The predicted octanol–water partition coefficient (Wildman–Crippen LogP) is 3.47. The summed E-state index contributed by atoms with van der Waals surface area (Å²) >= 11 is 0. The van der Waals surface area contributed by atoms with Gasteiger partial charge in [0, 0.05) is 31.2 Å². The number of nitrogens with one attached hydrogen (secondary N) is 2. The quantitative estimate of drug-likeness (QED) is 0.218. The summed E-state index contributed by atoms with van der Waals surface area (Å²) in [6.07, 6.45) is 1.61. The average molecular weight is 500 g/mol. The fraction of sp³-hybridized carbons (Fsp3) is 0.536. The van der Waals surface area contributed by atoms with Gasteiger partial charge in [-0.2, -0.15) is 0 Å². The van der Waals surface area contributed by atoms with Crippen molar-refractivity contribution in [1.29, 1.82) is 0 Å².